The lowest BCUT2D eigenvalue weighted by atomic mass is 9.79. The second-order valence-electron chi connectivity index (χ2n) is 10.6. The highest BCUT2D eigenvalue weighted by atomic mass is 16.5. The van der Waals surface area contributed by atoms with E-state index in [0.717, 1.165) is 43.2 Å². The number of hydrogen-bond acceptors (Lipinski definition) is 4. The van der Waals surface area contributed by atoms with Crippen LogP contribution in [0, 0.1) is 6.92 Å². The summed E-state index contributed by atoms with van der Waals surface area (Å²) in [5, 5.41) is 0. The highest BCUT2D eigenvalue weighted by Gasteiger charge is 2.37. The molecule has 3 aliphatic rings. The summed E-state index contributed by atoms with van der Waals surface area (Å²) < 4.78 is 17.4. The smallest absolute Gasteiger partial charge is 0.122 e. The van der Waals surface area contributed by atoms with Gasteiger partial charge in [-0.15, -0.1) is 0 Å². The molecule has 192 valence electrons. The van der Waals surface area contributed by atoms with Crippen LogP contribution in [0.3, 0.4) is 0 Å². The summed E-state index contributed by atoms with van der Waals surface area (Å²) in [5.41, 5.74) is 10.8. The minimum Gasteiger partial charge on any atom is -0.497 e. The summed E-state index contributed by atoms with van der Waals surface area (Å²) in [6, 6.07) is 20.0. The Morgan fingerprint density at radius 3 is 2.35 bits per heavy atom. The first-order chi connectivity index (χ1) is 18.2. The van der Waals surface area contributed by atoms with E-state index < -0.39 is 0 Å². The van der Waals surface area contributed by atoms with Crippen LogP contribution in [0.5, 0.6) is 17.2 Å². The average molecular weight is 496 g/mol. The van der Waals surface area contributed by atoms with E-state index in [1.807, 2.05) is 0 Å². The molecular formula is C33H37NO3. The van der Waals surface area contributed by atoms with E-state index in [4.69, 9.17) is 14.2 Å². The van der Waals surface area contributed by atoms with Crippen molar-refractivity contribution in [1.29, 1.82) is 0 Å². The molecule has 6 rings (SSSR count). The summed E-state index contributed by atoms with van der Waals surface area (Å²) in [4.78, 5) is 2.52. The van der Waals surface area contributed by atoms with Gasteiger partial charge < -0.3 is 14.2 Å². The van der Waals surface area contributed by atoms with Crippen LogP contribution in [0.4, 0.5) is 0 Å². The molecule has 37 heavy (non-hydrogen) atoms. The van der Waals surface area contributed by atoms with E-state index in [0.29, 0.717) is 0 Å². The number of rotatable bonds is 7. The Labute approximate surface area is 220 Å². The van der Waals surface area contributed by atoms with E-state index in [1.165, 1.54) is 76.9 Å². The number of fused-ring (bicyclic) bond motifs is 4. The predicted octanol–water partition coefficient (Wildman–Crippen LogP) is 6.88. The number of piperidine rings is 1. The Kier molecular flexibility index (Phi) is 6.69. The molecular weight excluding hydrogens is 458 g/mol. The maximum atomic E-state index is 6.15. The van der Waals surface area contributed by atoms with Crippen molar-refractivity contribution in [3.63, 3.8) is 0 Å². The first kappa shape index (κ1) is 24.1. The van der Waals surface area contributed by atoms with E-state index in [9.17, 15) is 0 Å². The molecule has 1 heterocycles. The Morgan fingerprint density at radius 2 is 1.59 bits per heavy atom. The molecule has 1 fully saturated rings. The molecule has 4 heteroatoms. The predicted molar refractivity (Wildman–Crippen MR) is 150 cm³/mol. The van der Waals surface area contributed by atoms with Gasteiger partial charge in [-0.25, -0.2) is 0 Å². The van der Waals surface area contributed by atoms with E-state index >= 15 is 0 Å². The number of allylic oxidation sites excluding steroid dienone is 2. The molecule has 0 radical (unpaired) electrons. The molecule has 1 saturated heterocycles. The molecule has 0 bridgehead atoms. The first-order valence-electron chi connectivity index (χ1n) is 13.7. The third kappa shape index (κ3) is 4.53. The Balaban J connectivity index is 1.32. The Morgan fingerprint density at radius 1 is 0.811 bits per heavy atom. The van der Waals surface area contributed by atoms with Crippen molar-refractivity contribution >= 4 is 11.1 Å². The normalized spacial score (nSPS) is 18.7. The number of likely N-dealkylation sites (tertiary alicyclic amines) is 1. The number of methoxy groups -OCH3 is 2. The highest BCUT2D eigenvalue weighted by molar-refractivity contribution is 6.03. The van der Waals surface area contributed by atoms with E-state index in [2.05, 4.69) is 66.4 Å². The molecule has 0 saturated carbocycles. The van der Waals surface area contributed by atoms with Gasteiger partial charge in [0.2, 0.25) is 0 Å². The Hall–Kier alpha value is -3.24. The summed E-state index contributed by atoms with van der Waals surface area (Å²) in [7, 11) is 3.51. The molecule has 2 aliphatic carbocycles. The van der Waals surface area contributed by atoms with Crippen molar-refractivity contribution in [3.8, 4) is 17.2 Å². The van der Waals surface area contributed by atoms with Crippen molar-refractivity contribution < 1.29 is 14.2 Å². The molecule has 1 atom stereocenters. The van der Waals surface area contributed by atoms with Crippen LogP contribution in [0.1, 0.15) is 65.0 Å². The summed E-state index contributed by atoms with van der Waals surface area (Å²) in [6.07, 6.45) is 6.05. The fourth-order valence-electron chi connectivity index (χ4n) is 6.50. The lowest BCUT2D eigenvalue weighted by molar-refractivity contribution is 0.183. The number of hydrogen-bond donors (Lipinski definition) is 0. The quantitative estimate of drug-likeness (QED) is 0.358. The van der Waals surface area contributed by atoms with Gasteiger partial charge in [0.1, 0.15) is 23.9 Å². The second kappa shape index (κ2) is 10.3. The third-order valence-corrected chi connectivity index (χ3v) is 8.40. The van der Waals surface area contributed by atoms with Crippen molar-refractivity contribution in [1.82, 2.24) is 4.90 Å². The number of aryl methyl sites for hydroxylation is 2. The van der Waals surface area contributed by atoms with Crippen molar-refractivity contribution in [2.75, 3.05) is 40.5 Å². The number of benzene rings is 3. The van der Waals surface area contributed by atoms with Crippen LogP contribution in [-0.2, 0) is 6.42 Å². The largest absolute Gasteiger partial charge is 0.497 e. The summed E-state index contributed by atoms with van der Waals surface area (Å²) in [5.74, 6) is 3.04. The molecule has 3 aromatic rings. The van der Waals surface area contributed by atoms with Crippen molar-refractivity contribution in [3.05, 3.63) is 88.0 Å². The van der Waals surface area contributed by atoms with Gasteiger partial charge in [0.25, 0.3) is 0 Å². The van der Waals surface area contributed by atoms with Crippen LogP contribution < -0.4 is 14.2 Å². The van der Waals surface area contributed by atoms with Gasteiger partial charge >= 0.3 is 0 Å². The minimum atomic E-state index is 0.199. The fraction of sp³-hybridized carbons (Fsp3) is 0.394. The van der Waals surface area contributed by atoms with Gasteiger partial charge in [0.05, 0.1) is 14.2 Å². The second-order valence-corrected chi connectivity index (χ2v) is 10.6. The summed E-state index contributed by atoms with van der Waals surface area (Å²) >= 11 is 0. The lowest BCUT2D eigenvalue weighted by Crippen LogP contribution is -2.33. The van der Waals surface area contributed by atoms with Crippen LogP contribution in [-0.4, -0.2) is 45.4 Å². The van der Waals surface area contributed by atoms with E-state index in [1.54, 1.807) is 14.2 Å². The highest BCUT2D eigenvalue weighted by Crippen LogP contribution is 2.55. The standard InChI is InChI=1S/C33H37NO3/c1-22-19-30-29(21-31(22)36-3)28-13-9-24-20-26(35-2)12-14-27(24)33(28)32(30)23-7-10-25(11-8-23)37-18-17-34-15-5-4-6-16-34/h7-8,10-12,14,19-21,32H,4-6,9,13,15-18H2,1-3H3. The van der Waals surface area contributed by atoms with Crippen LogP contribution in [0.2, 0.25) is 0 Å². The maximum absolute atomic E-state index is 6.15. The molecule has 0 aromatic heterocycles. The van der Waals surface area contributed by atoms with Crippen LogP contribution in [0.25, 0.3) is 11.1 Å². The average Bonchev–Trinajstić information content (AvgIpc) is 3.26. The fourth-order valence-corrected chi connectivity index (χ4v) is 6.50. The Bertz CT molecular complexity index is 1320. The number of ether oxygens (including phenoxy) is 3. The SMILES string of the molecule is COc1ccc2c(c1)CCC1=C2C(c2ccc(OCCN3CCCCC3)cc2)c2cc(C)c(OC)cc21. The molecule has 0 amide bonds. The minimum absolute atomic E-state index is 0.199. The zero-order valence-electron chi connectivity index (χ0n) is 22.3. The number of nitrogens with zero attached hydrogens (tertiary/aromatic N) is 1. The van der Waals surface area contributed by atoms with Gasteiger partial charge in [-0.05, 0) is 121 Å². The van der Waals surface area contributed by atoms with Gasteiger partial charge in [-0.2, -0.15) is 0 Å². The van der Waals surface area contributed by atoms with Crippen LogP contribution in [0.15, 0.2) is 54.6 Å². The first-order valence-corrected chi connectivity index (χ1v) is 13.7. The van der Waals surface area contributed by atoms with Crippen LogP contribution >= 0.6 is 0 Å². The molecule has 1 unspecified atom stereocenters. The van der Waals surface area contributed by atoms with Gasteiger partial charge in [0.15, 0.2) is 0 Å². The summed E-state index contributed by atoms with van der Waals surface area (Å²) in [6.45, 7) is 6.31. The molecule has 0 N–H and O–H groups in total. The molecule has 0 spiro atoms. The van der Waals surface area contributed by atoms with Gasteiger partial charge in [-0.1, -0.05) is 30.7 Å². The zero-order valence-corrected chi connectivity index (χ0v) is 22.3. The van der Waals surface area contributed by atoms with E-state index in [-0.39, 0.29) is 5.92 Å². The molecule has 3 aromatic carbocycles. The molecule has 4 nitrogen and oxygen atoms in total. The lowest BCUT2D eigenvalue weighted by Gasteiger charge is -2.26. The van der Waals surface area contributed by atoms with Crippen molar-refractivity contribution in [2.45, 2.75) is 44.9 Å². The molecule has 1 aliphatic heterocycles. The monoisotopic (exact) mass is 495 g/mol. The maximum Gasteiger partial charge on any atom is 0.122 e. The third-order valence-electron chi connectivity index (χ3n) is 8.40. The van der Waals surface area contributed by atoms with Crippen molar-refractivity contribution in [2.24, 2.45) is 0 Å². The van der Waals surface area contributed by atoms with Gasteiger partial charge in [0, 0.05) is 12.5 Å². The topological polar surface area (TPSA) is 30.9 Å². The van der Waals surface area contributed by atoms with Gasteiger partial charge in [-0.3, -0.25) is 4.90 Å². The zero-order chi connectivity index (χ0) is 25.4.